The summed E-state index contributed by atoms with van der Waals surface area (Å²) in [6.45, 7) is 7.92. The van der Waals surface area contributed by atoms with Crippen LogP contribution in [0.5, 0.6) is 0 Å². The second kappa shape index (κ2) is 7.52. The van der Waals surface area contributed by atoms with E-state index in [-0.39, 0.29) is 18.0 Å². The SMILES string of the molecule is C=C/C=C1\C(=C)c2cncn2[C@H]1C[C@H](O)c1cc2cc(-c3ccccc3)oc2cc1F. The third-order valence-corrected chi connectivity index (χ3v) is 5.82. The zero-order valence-electron chi connectivity index (χ0n) is 16.8. The van der Waals surface area contributed by atoms with Crippen molar-refractivity contribution in [2.45, 2.75) is 18.6 Å². The van der Waals surface area contributed by atoms with Crippen LogP contribution in [0.25, 0.3) is 27.9 Å². The molecule has 154 valence electrons. The van der Waals surface area contributed by atoms with Crippen molar-refractivity contribution in [1.29, 1.82) is 0 Å². The lowest BCUT2D eigenvalue weighted by Crippen LogP contribution is -2.11. The standard InChI is InChI=1S/C26H21FN2O2/c1-3-7-19-16(2)23-14-28-15-29(23)22(19)13-24(30)20-10-18-11-25(17-8-5-4-6-9-17)31-26(18)12-21(20)27/h3-12,14-15,22,24,30H,1-2,13H2/b19-7+/t22-,24-/m0/s1. The summed E-state index contributed by atoms with van der Waals surface area (Å²) >= 11 is 0. The van der Waals surface area contributed by atoms with Gasteiger partial charge in [0, 0.05) is 29.0 Å². The third-order valence-electron chi connectivity index (χ3n) is 5.82. The summed E-state index contributed by atoms with van der Waals surface area (Å²) in [5, 5.41) is 11.7. The molecule has 0 spiro atoms. The van der Waals surface area contributed by atoms with Crippen molar-refractivity contribution < 1.29 is 13.9 Å². The quantitative estimate of drug-likeness (QED) is 0.422. The lowest BCUT2D eigenvalue weighted by Gasteiger charge is -2.20. The minimum Gasteiger partial charge on any atom is -0.456 e. The first kappa shape index (κ1) is 19.3. The highest BCUT2D eigenvalue weighted by atomic mass is 19.1. The molecule has 4 aromatic rings. The van der Waals surface area contributed by atoms with Crippen molar-refractivity contribution in [2.24, 2.45) is 0 Å². The van der Waals surface area contributed by atoms with Gasteiger partial charge in [0.2, 0.25) is 0 Å². The van der Waals surface area contributed by atoms with Gasteiger partial charge < -0.3 is 14.1 Å². The van der Waals surface area contributed by atoms with Gasteiger partial charge >= 0.3 is 0 Å². The Kier molecular flexibility index (Phi) is 4.68. The number of rotatable bonds is 5. The molecule has 0 aliphatic carbocycles. The number of halogens is 1. The van der Waals surface area contributed by atoms with E-state index in [2.05, 4.69) is 18.1 Å². The van der Waals surface area contributed by atoms with Gasteiger partial charge in [-0.1, -0.05) is 55.6 Å². The summed E-state index contributed by atoms with van der Waals surface area (Å²) in [7, 11) is 0. The molecule has 5 heteroatoms. The fraction of sp³-hybridized carbons (Fsp3) is 0.115. The Hall–Kier alpha value is -3.70. The average molecular weight is 412 g/mol. The molecule has 1 N–H and O–H groups in total. The fourth-order valence-electron chi connectivity index (χ4n) is 4.28. The Morgan fingerprint density at radius 3 is 2.81 bits per heavy atom. The largest absolute Gasteiger partial charge is 0.456 e. The van der Waals surface area contributed by atoms with E-state index >= 15 is 0 Å². The van der Waals surface area contributed by atoms with E-state index in [9.17, 15) is 9.50 Å². The fourth-order valence-corrected chi connectivity index (χ4v) is 4.28. The molecule has 0 saturated carbocycles. The number of aromatic nitrogens is 2. The molecule has 2 atom stereocenters. The zero-order chi connectivity index (χ0) is 21.5. The van der Waals surface area contributed by atoms with Gasteiger partial charge in [0.15, 0.2) is 0 Å². The summed E-state index contributed by atoms with van der Waals surface area (Å²) in [6, 6.07) is 14.3. The van der Waals surface area contributed by atoms with E-state index in [1.54, 1.807) is 24.7 Å². The predicted octanol–water partition coefficient (Wildman–Crippen LogP) is 6.24. The topological polar surface area (TPSA) is 51.2 Å². The summed E-state index contributed by atoms with van der Waals surface area (Å²) in [5.74, 6) is 0.166. The Balaban J connectivity index is 1.49. The second-order valence-corrected chi connectivity index (χ2v) is 7.68. The smallest absolute Gasteiger partial charge is 0.137 e. The van der Waals surface area contributed by atoms with E-state index in [1.165, 1.54) is 6.07 Å². The van der Waals surface area contributed by atoms with Gasteiger partial charge in [0.05, 0.1) is 30.4 Å². The first-order chi connectivity index (χ1) is 15.1. The number of furan rings is 1. The van der Waals surface area contributed by atoms with Gasteiger partial charge in [-0.25, -0.2) is 9.37 Å². The number of allylic oxidation sites excluding steroid dienone is 4. The molecule has 2 aromatic carbocycles. The number of aliphatic hydroxyl groups excluding tert-OH is 1. The van der Waals surface area contributed by atoms with Gasteiger partial charge in [-0.3, -0.25) is 0 Å². The summed E-state index contributed by atoms with van der Waals surface area (Å²) in [4.78, 5) is 4.19. The van der Waals surface area contributed by atoms with Crippen molar-refractivity contribution in [3.8, 4) is 11.3 Å². The van der Waals surface area contributed by atoms with Gasteiger partial charge in [0.1, 0.15) is 17.2 Å². The molecular weight excluding hydrogens is 391 g/mol. The van der Waals surface area contributed by atoms with Crippen LogP contribution in [-0.2, 0) is 0 Å². The molecule has 1 aliphatic heterocycles. The van der Waals surface area contributed by atoms with Crippen molar-refractivity contribution in [3.63, 3.8) is 0 Å². The zero-order valence-corrected chi connectivity index (χ0v) is 16.8. The molecule has 0 fully saturated rings. The second-order valence-electron chi connectivity index (χ2n) is 7.68. The van der Waals surface area contributed by atoms with Crippen LogP contribution in [0.15, 0.2) is 96.4 Å². The molecule has 0 saturated heterocycles. The number of hydrogen-bond acceptors (Lipinski definition) is 3. The molecule has 0 radical (unpaired) electrons. The Bertz CT molecular complexity index is 1330. The van der Waals surface area contributed by atoms with Crippen molar-refractivity contribution >= 4 is 16.5 Å². The molecule has 1 aliphatic rings. The first-order valence-electron chi connectivity index (χ1n) is 10.1. The van der Waals surface area contributed by atoms with Crippen LogP contribution in [0.4, 0.5) is 4.39 Å². The van der Waals surface area contributed by atoms with E-state index < -0.39 is 11.9 Å². The van der Waals surface area contributed by atoms with Crippen LogP contribution >= 0.6 is 0 Å². The Morgan fingerprint density at radius 1 is 1.23 bits per heavy atom. The maximum absolute atomic E-state index is 14.9. The molecule has 3 heterocycles. The number of aliphatic hydroxyl groups is 1. The van der Waals surface area contributed by atoms with Gasteiger partial charge in [-0.2, -0.15) is 0 Å². The van der Waals surface area contributed by atoms with Crippen molar-refractivity contribution in [1.82, 2.24) is 9.55 Å². The Labute approximate surface area is 179 Å². The predicted molar refractivity (Wildman–Crippen MR) is 120 cm³/mol. The van der Waals surface area contributed by atoms with E-state index in [1.807, 2.05) is 47.0 Å². The number of fused-ring (bicyclic) bond motifs is 2. The number of benzene rings is 2. The van der Waals surface area contributed by atoms with Crippen molar-refractivity contribution in [2.75, 3.05) is 0 Å². The highest BCUT2D eigenvalue weighted by Crippen LogP contribution is 2.44. The van der Waals surface area contributed by atoms with Crippen LogP contribution in [0, 0.1) is 5.82 Å². The first-order valence-corrected chi connectivity index (χ1v) is 10.1. The van der Waals surface area contributed by atoms with Crippen molar-refractivity contribution in [3.05, 3.63) is 109 Å². The number of imidazole rings is 1. The average Bonchev–Trinajstić information content (AvgIpc) is 3.47. The highest BCUT2D eigenvalue weighted by molar-refractivity contribution is 5.84. The maximum atomic E-state index is 14.9. The van der Waals surface area contributed by atoms with Crippen LogP contribution in [0.2, 0.25) is 0 Å². The van der Waals surface area contributed by atoms with Crippen LogP contribution in [-0.4, -0.2) is 14.7 Å². The summed E-state index contributed by atoms with van der Waals surface area (Å²) in [6.07, 6.45) is 6.31. The highest BCUT2D eigenvalue weighted by Gasteiger charge is 2.32. The molecule has 0 unspecified atom stereocenters. The number of hydrogen-bond donors (Lipinski definition) is 1. The molecule has 0 bridgehead atoms. The molecule has 5 rings (SSSR count). The molecular formula is C26H21FN2O2. The minimum atomic E-state index is -1.01. The summed E-state index contributed by atoms with van der Waals surface area (Å²) < 4.78 is 22.7. The summed E-state index contributed by atoms with van der Waals surface area (Å²) in [5.41, 5.74) is 4.28. The van der Waals surface area contributed by atoms with E-state index in [0.717, 1.165) is 27.8 Å². The molecule has 31 heavy (non-hydrogen) atoms. The normalized spacial score (nSPS) is 17.9. The lowest BCUT2D eigenvalue weighted by atomic mass is 9.94. The van der Waals surface area contributed by atoms with Crippen LogP contribution in [0.3, 0.4) is 0 Å². The Morgan fingerprint density at radius 2 is 2.03 bits per heavy atom. The monoisotopic (exact) mass is 412 g/mol. The van der Waals surface area contributed by atoms with Crippen LogP contribution < -0.4 is 0 Å². The van der Waals surface area contributed by atoms with Gasteiger partial charge in [-0.15, -0.1) is 0 Å². The van der Waals surface area contributed by atoms with Gasteiger partial charge in [-0.05, 0) is 23.3 Å². The molecule has 0 amide bonds. The molecule has 2 aromatic heterocycles. The minimum absolute atomic E-state index is 0.197. The maximum Gasteiger partial charge on any atom is 0.137 e. The molecule has 4 nitrogen and oxygen atoms in total. The lowest BCUT2D eigenvalue weighted by molar-refractivity contribution is 0.149. The third kappa shape index (κ3) is 3.23. The number of nitrogens with zero attached hydrogens (tertiary/aromatic N) is 2. The van der Waals surface area contributed by atoms with E-state index in [0.29, 0.717) is 11.3 Å². The van der Waals surface area contributed by atoms with Gasteiger partial charge in [0.25, 0.3) is 0 Å². The van der Waals surface area contributed by atoms with Crippen LogP contribution in [0.1, 0.15) is 29.8 Å². The van der Waals surface area contributed by atoms with E-state index in [4.69, 9.17) is 4.42 Å².